The molecule has 498 valence electrons. The van der Waals surface area contributed by atoms with Gasteiger partial charge in [-0.25, -0.2) is 9.97 Å². The highest BCUT2D eigenvalue weighted by Crippen LogP contribution is 2.43. The van der Waals surface area contributed by atoms with Crippen molar-refractivity contribution in [2.75, 3.05) is 0 Å². The summed E-state index contributed by atoms with van der Waals surface area (Å²) >= 11 is 0. The number of allylic oxidation sites excluding steroid dienone is 4. The zero-order valence-electron chi connectivity index (χ0n) is 59.8. The molecule has 5 heterocycles. The second-order valence-corrected chi connectivity index (χ2v) is 28.2. The molecule has 0 saturated carbocycles. The maximum absolute atomic E-state index is 6.04. The van der Waals surface area contributed by atoms with Crippen LogP contribution in [0, 0.1) is 0 Å². The highest BCUT2D eigenvalue weighted by molar-refractivity contribution is 5.96. The summed E-state index contributed by atoms with van der Waals surface area (Å²) in [6.45, 7) is 18.9. The van der Waals surface area contributed by atoms with Gasteiger partial charge in [0.05, 0.1) is 22.8 Å². The molecule has 2 aliphatic rings. The molecular formula is C84H142N4. The third-order valence-corrected chi connectivity index (χ3v) is 20.4. The lowest BCUT2D eigenvalue weighted by atomic mass is 9.92. The lowest BCUT2D eigenvalue weighted by Crippen LogP contribution is -1.95. The fraction of sp³-hybridized carbons (Fsp3) is 0.762. The van der Waals surface area contributed by atoms with Crippen molar-refractivity contribution in [1.82, 2.24) is 19.9 Å². The number of rotatable bonds is 56. The molecule has 4 heteroatoms. The first-order chi connectivity index (χ1) is 43.5. The van der Waals surface area contributed by atoms with Gasteiger partial charge in [-0.3, -0.25) is 0 Å². The van der Waals surface area contributed by atoms with Gasteiger partial charge in [0, 0.05) is 22.1 Å². The zero-order valence-corrected chi connectivity index (χ0v) is 59.8. The Morgan fingerprint density at radius 2 is 0.364 bits per heavy atom. The van der Waals surface area contributed by atoms with Crippen LogP contribution >= 0.6 is 0 Å². The molecule has 2 N–H and O–H groups in total. The van der Waals surface area contributed by atoms with Crippen molar-refractivity contribution in [3.63, 3.8) is 0 Å². The molecule has 4 nitrogen and oxygen atoms in total. The van der Waals surface area contributed by atoms with E-state index in [2.05, 4.69) is 89.6 Å². The second-order valence-electron chi connectivity index (χ2n) is 28.2. The summed E-state index contributed by atoms with van der Waals surface area (Å²) in [5.41, 5.74) is 23.1. The number of aromatic nitrogens is 4. The third kappa shape index (κ3) is 27.8. The van der Waals surface area contributed by atoms with Crippen LogP contribution in [-0.4, -0.2) is 19.9 Å². The summed E-state index contributed by atoms with van der Waals surface area (Å²) in [7, 11) is 0. The van der Waals surface area contributed by atoms with Crippen LogP contribution in [0.2, 0.25) is 0 Å². The Labute approximate surface area is 545 Å². The standard InChI is InChI=1S/C84H142N4/c1-9-17-25-33-41-49-57-69-70(58-50-42-34-26-18-10-2)78-66-80-73(61-53-45-37-29-21-13-5)74(62-54-46-38-30-22-14-6)82(87-80)68-84-76(64-56-48-40-32-24-16-8)75(63-55-47-39-31-23-15-7)83(88-84)67-81-72(60-52-44-36-28-20-12-4)71(59-51-43-35-27-19-11-3)79(86-81)65-77(69)85-78/h65-68,85-86H,9-64H2,1-8H3. The SMILES string of the molecule is CCCCCCCCC1=C(CCCCCCCC)c2cc3[nH]c(cc4[nH]c(cc5nc(cc1n2)C(CCCCCCCC)=C5CCCCCCCC)c(CCCCCCCC)c4CCCCCCCC)c(CCCCCCCC)c3CCCCCCCC. The Kier molecular flexibility index (Phi) is 41.4. The van der Waals surface area contributed by atoms with Crippen molar-refractivity contribution in [1.29, 1.82) is 0 Å². The first-order valence-corrected chi connectivity index (χ1v) is 39.7. The molecule has 0 fully saturated rings. The summed E-state index contributed by atoms with van der Waals surface area (Å²) in [6, 6.07) is 10.5. The molecule has 3 aromatic heterocycles. The normalized spacial score (nSPS) is 12.7. The maximum atomic E-state index is 6.04. The fourth-order valence-corrected chi connectivity index (χ4v) is 14.8. The van der Waals surface area contributed by atoms with Gasteiger partial charge in [0.2, 0.25) is 0 Å². The Morgan fingerprint density at radius 1 is 0.193 bits per heavy atom. The molecule has 3 aromatic rings. The predicted molar refractivity (Wildman–Crippen MR) is 395 cm³/mol. The van der Waals surface area contributed by atoms with Gasteiger partial charge >= 0.3 is 0 Å². The Bertz CT molecular complexity index is 2340. The topological polar surface area (TPSA) is 57.4 Å². The number of aryl methyl sites for hydroxylation is 4. The first-order valence-electron chi connectivity index (χ1n) is 39.7. The van der Waals surface area contributed by atoms with Crippen molar-refractivity contribution >= 4 is 44.4 Å². The smallest absolute Gasteiger partial charge is 0.0694 e. The quantitative estimate of drug-likeness (QED) is 0.0554. The summed E-state index contributed by atoms with van der Waals surface area (Å²) < 4.78 is 0. The summed E-state index contributed by atoms with van der Waals surface area (Å²) in [6.07, 6.45) is 72.4. The average Bonchev–Trinajstić information content (AvgIpc) is 2.46. The summed E-state index contributed by atoms with van der Waals surface area (Å²) in [5.74, 6) is 0. The molecule has 0 radical (unpaired) electrons. The van der Waals surface area contributed by atoms with Crippen molar-refractivity contribution in [3.8, 4) is 0 Å². The molecule has 0 aliphatic carbocycles. The highest BCUT2D eigenvalue weighted by atomic mass is 14.8. The van der Waals surface area contributed by atoms with E-state index in [0.717, 1.165) is 51.4 Å². The Morgan fingerprint density at radius 3 is 0.580 bits per heavy atom. The Balaban J connectivity index is 1.92. The van der Waals surface area contributed by atoms with E-state index in [-0.39, 0.29) is 0 Å². The lowest BCUT2D eigenvalue weighted by Gasteiger charge is -2.11. The summed E-state index contributed by atoms with van der Waals surface area (Å²) in [5, 5.41) is 0. The van der Waals surface area contributed by atoms with E-state index in [4.69, 9.17) is 9.97 Å². The van der Waals surface area contributed by atoms with E-state index in [1.54, 1.807) is 44.5 Å². The van der Waals surface area contributed by atoms with E-state index in [9.17, 15) is 0 Å². The van der Waals surface area contributed by atoms with Crippen LogP contribution in [0.3, 0.4) is 0 Å². The molecule has 0 saturated heterocycles. The molecule has 0 amide bonds. The zero-order chi connectivity index (χ0) is 62.5. The predicted octanol–water partition coefficient (Wildman–Crippen LogP) is 28.8. The first kappa shape index (κ1) is 75.3. The maximum Gasteiger partial charge on any atom is 0.0694 e. The van der Waals surface area contributed by atoms with E-state index in [0.29, 0.717) is 0 Å². The minimum Gasteiger partial charge on any atom is -0.355 e. The Hall–Kier alpha value is -3.40. The van der Waals surface area contributed by atoms with Crippen LogP contribution in [0.25, 0.3) is 44.4 Å². The van der Waals surface area contributed by atoms with Gasteiger partial charge < -0.3 is 9.97 Å². The van der Waals surface area contributed by atoms with E-state index in [1.165, 1.54) is 353 Å². The van der Waals surface area contributed by atoms with E-state index < -0.39 is 0 Å². The van der Waals surface area contributed by atoms with Gasteiger partial charge in [-0.1, -0.05) is 312 Å². The number of nitrogens with zero attached hydrogens (tertiary/aromatic N) is 2. The van der Waals surface area contributed by atoms with Gasteiger partial charge in [-0.05, 0) is 172 Å². The van der Waals surface area contributed by atoms with Gasteiger partial charge in [0.1, 0.15) is 0 Å². The molecule has 0 spiro atoms. The molecule has 0 unspecified atom stereocenters. The monoisotopic (exact) mass is 1210 g/mol. The molecular weight excluding hydrogens is 1060 g/mol. The molecule has 0 atom stereocenters. The number of nitrogens with one attached hydrogen (secondary N) is 2. The largest absolute Gasteiger partial charge is 0.355 e. The molecule has 88 heavy (non-hydrogen) atoms. The summed E-state index contributed by atoms with van der Waals surface area (Å²) in [4.78, 5) is 20.8. The van der Waals surface area contributed by atoms with Gasteiger partial charge in [-0.2, -0.15) is 0 Å². The van der Waals surface area contributed by atoms with Crippen LogP contribution in [0.5, 0.6) is 0 Å². The number of aromatic amines is 2. The van der Waals surface area contributed by atoms with Crippen LogP contribution in [0.15, 0.2) is 24.3 Å². The average molecular weight is 1210 g/mol. The fourth-order valence-electron chi connectivity index (χ4n) is 14.8. The van der Waals surface area contributed by atoms with E-state index in [1.807, 2.05) is 0 Å². The highest BCUT2D eigenvalue weighted by Gasteiger charge is 2.26. The van der Waals surface area contributed by atoms with Crippen LogP contribution < -0.4 is 0 Å². The van der Waals surface area contributed by atoms with Crippen molar-refractivity contribution in [2.45, 2.75) is 415 Å². The number of hydrogen-bond donors (Lipinski definition) is 2. The number of H-pyrrole nitrogens is 2. The van der Waals surface area contributed by atoms with Crippen LogP contribution in [0.4, 0.5) is 0 Å². The van der Waals surface area contributed by atoms with Crippen molar-refractivity contribution in [2.24, 2.45) is 0 Å². The minimum absolute atomic E-state index is 1.12. The van der Waals surface area contributed by atoms with Crippen molar-refractivity contribution < 1.29 is 0 Å². The van der Waals surface area contributed by atoms with Gasteiger partial charge in [0.25, 0.3) is 0 Å². The minimum atomic E-state index is 1.12. The number of hydrogen-bond acceptors (Lipinski definition) is 2. The molecule has 5 rings (SSSR count). The number of fused-ring (bicyclic) bond motifs is 8. The molecule has 0 aromatic carbocycles. The molecule has 2 aliphatic heterocycles. The lowest BCUT2D eigenvalue weighted by molar-refractivity contribution is 0.601. The van der Waals surface area contributed by atoms with Gasteiger partial charge in [-0.15, -0.1) is 0 Å². The second kappa shape index (κ2) is 48.4. The van der Waals surface area contributed by atoms with Gasteiger partial charge in [0.15, 0.2) is 0 Å². The van der Waals surface area contributed by atoms with Crippen LogP contribution in [-0.2, 0) is 25.7 Å². The number of unbranched alkanes of at least 4 members (excludes halogenated alkanes) is 40. The van der Waals surface area contributed by atoms with E-state index >= 15 is 0 Å². The third-order valence-electron chi connectivity index (χ3n) is 20.4. The molecule has 8 bridgehead atoms. The van der Waals surface area contributed by atoms with Crippen LogP contribution in [0.1, 0.15) is 434 Å². The van der Waals surface area contributed by atoms with Crippen molar-refractivity contribution in [3.05, 3.63) is 69.3 Å².